The van der Waals surface area contributed by atoms with Gasteiger partial charge in [0.2, 0.25) is 0 Å². The molecule has 0 bridgehead atoms. The molecule has 1 aromatic rings. The van der Waals surface area contributed by atoms with E-state index in [1.54, 1.807) is 6.07 Å². The summed E-state index contributed by atoms with van der Waals surface area (Å²) >= 11 is 0. The van der Waals surface area contributed by atoms with Crippen LogP contribution in [0.15, 0.2) is 18.2 Å². The minimum atomic E-state index is -0.0689. The monoisotopic (exact) mass is 290 g/mol. The minimum absolute atomic E-state index is 0.0689. The van der Waals surface area contributed by atoms with Crippen molar-refractivity contribution in [2.45, 2.75) is 25.8 Å². The SMILES string of the molecule is CCNC(=O)c1ccc(N2CCCC(N(C)C)C2)c(N)c1. The molecule has 0 radical (unpaired) electrons. The average molecular weight is 290 g/mol. The predicted molar refractivity (Wildman–Crippen MR) is 87.8 cm³/mol. The number of rotatable bonds is 4. The van der Waals surface area contributed by atoms with Gasteiger partial charge in [-0.25, -0.2) is 0 Å². The Bertz CT molecular complexity index is 501. The van der Waals surface area contributed by atoms with Gasteiger partial charge < -0.3 is 20.9 Å². The maximum Gasteiger partial charge on any atom is 0.251 e. The van der Waals surface area contributed by atoms with Gasteiger partial charge in [0.1, 0.15) is 0 Å². The second-order valence-corrected chi connectivity index (χ2v) is 5.84. The molecule has 1 atom stereocenters. The van der Waals surface area contributed by atoms with Crippen molar-refractivity contribution < 1.29 is 4.79 Å². The number of benzene rings is 1. The molecule has 1 amide bonds. The zero-order chi connectivity index (χ0) is 15.4. The lowest BCUT2D eigenvalue weighted by Gasteiger charge is -2.38. The Labute approximate surface area is 127 Å². The number of carbonyl (C=O) groups excluding carboxylic acids is 1. The van der Waals surface area contributed by atoms with E-state index >= 15 is 0 Å². The maximum absolute atomic E-state index is 11.8. The number of nitrogens with one attached hydrogen (secondary N) is 1. The molecule has 21 heavy (non-hydrogen) atoms. The van der Waals surface area contributed by atoms with Crippen molar-refractivity contribution in [2.75, 3.05) is 44.4 Å². The van der Waals surface area contributed by atoms with Crippen LogP contribution in [0.2, 0.25) is 0 Å². The van der Waals surface area contributed by atoms with Crippen LogP contribution >= 0.6 is 0 Å². The predicted octanol–water partition coefficient (Wildman–Crippen LogP) is 1.55. The van der Waals surface area contributed by atoms with Crippen molar-refractivity contribution in [3.63, 3.8) is 0 Å². The first kappa shape index (κ1) is 15.6. The first-order chi connectivity index (χ1) is 10.0. The van der Waals surface area contributed by atoms with Crippen LogP contribution in [0.25, 0.3) is 0 Å². The van der Waals surface area contributed by atoms with Gasteiger partial charge in [-0.2, -0.15) is 0 Å². The standard InChI is InChI=1S/C16H26N4O/c1-4-18-16(21)12-7-8-15(14(17)10-12)20-9-5-6-13(11-20)19(2)3/h7-8,10,13H,4-6,9,11,17H2,1-3H3,(H,18,21). The van der Waals surface area contributed by atoms with Crippen molar-refractivity contribution in [3.05, 3.63) is 23.8 Å². The van der Waals surface area contributed by atoms with E-state index in [0.717, 1.165) is 18.8 Å². The normalized spacial score (nSPS) is 18.9. The topological polar surface area (TPSA) is 61.6 Å². The van der Waals surface area contributed by atoms with Gasteiger partial charge >= 0.3 is 0 Å². The average Bonchev–Trinajstić information content (AvgIpc) is 2.47. The Balaban J connectivity index is 2.15. The highest BCUT2D eigenvalue weighted by molar-refractivity contribution is 5.96. The molecule has 2 rings (SSSR count). The Hall–Kier alpha value is -1.75. The van der Waals surface area contributed by atoms with Gasteiger partial charge in [-0.05, 0) is 52.1 Å². The Morgan fingerprint density at radius 2 is 2.24 bits per heavy atom. The fourth-order valence-corrected chi connectivity index (χ4v) is 2.84. The molecule has 5 nitrogen and oxygen atoms in total. The third kappa shape index (κ3) is 3.67. The molecule has 0 aromatic heterocycles. The first-order valence-corrected chi connectivity index (χ1v) is 7.62. The Morgan fingerprint density at radius 1 is 1.48 bits per heavy atom. The van der Waals surface area contributed by atoms with Crippen molar-refractivity contribution in [2.24, 2.45) is 0 Å². The molecule has 0 spiro atoms. The molecule has 0 aliphatic carbocycles. The summed E-state index contributed by atoms with van der Waals surface area (Å²) in [5.41, 5.74) is 8.51. The third-order valence-corrected chi connectivity index (χ3v) is 4.09. The molecule has 0 saturated carbocycles. The molecule has 3 N–H and O–H groups in total. The molecular weight excluding hydrogens is 264 g/mol. The number of likely N-dealkylation sites (N-methyl/N-ethyl adjacent to an activating group) is 1. The summed E-state index contributed by atoms with van der Waals surface area (Å²) in [6.45, 7) is 4.54. The number of hydrogen-bond acceptors (Lipinski definition) is 4. The van der Waals surface area contributed by atoms with E-state index in [1.807, 2.05) is 19.1 Å². The number of hydrogen-bond donors (Lipinski definition) is 2. The van der Waals surface area contributed by atoms with Crippen LogP contribution in [0.4, 0.5) is 11.4 Å². The Kier molecular flexibility index (Phi) is 5.07. The molecule has 1 aromatic carbocycles. The zero-order valence-corrected chi connectivity index (χ0v) is 13.2. The molecular formula is C16H26N4O. The van der Waals surface area contributed by atoms with Crippen LogP contribution in [0, 0.1) is 0 Å². The molecule has 1 unspecified atom stereocenters. The van der Waals surface area contributed by atoms with Crippen LogP contribution in [0.5, 0.6) is 0 Å². The van der Waals surface area contributed by atoms with Crippen LogP contribution in [-0.2, 0) is 0 Å². The van der Waals surface area contributed by atoms with E-state index in [-0.39, 0.29) is 5.91 Å². The van der Waals surface area contributed by atoms with Crippen molar-refractivity contribution in [1.82, 2.24) is 10.2 Å². The molecule has 1 aliphatic heterocycles. The number of nitrogen functional groups attached to an aromatic ring is 1. The van der Waals surface area contributed by atoms with Gasteiger partial charge in [-0.3, -0.25) is 4.79 Å². The van der Waals surface area contributed by atoms with Crippen LogP contribution in [-0.4, -0.2) is 50.6 Å². The van der Waals surface area contributed by atoms with Gasteiger partial charge in [-0.1, -0.05) is 0 Å². The summed E-state index contributed by atoms with van der Waals surface area (Å²) in [6.07, 6.45) is 2.39. The number of anilines is 2. The summed E-state index contributed by atoms with van der Waals surface area (Å²) in [7, 11) is 4.24. The van der Waals surface area contributed by atoms with Gasteiger partial charge in [0, 0.05) is 31.2 Å². The summed E-state index contributed by atoms with van der Waals surface area (Å²) in [5, 5.41) is 2.80. The summed E-state index contributed by atoms with van der Waals surface area (Å²) in [6, 6.07) is 6.16. The summed E-state index contributed by atoms with van der Waals surface area (Å²) < 4.78 is 0. The van der Waals surface area contributed by atoms with Crippen LogP contribution in [0.1, 0.15) is 30.1 Å². The highest BCUT2D eigenvalue weighted by atomic mass is 16.1. The van der Waals surface area contributed by atoms with Gasteiger partial charge in [0.25, 0.3) is 5.91 Å². The van der Waals surface area contributed by atoms with E-state index in [1.165, 1.54) is 12.8 Å². The third-order valence-electron chi connectivity index (χ3n) is 4.09. The molecule has 1 saturated heterocycles. The summed E-state index contributed by atoms with van der Waals surface area (Å²) in [4.78, 5) is 16.4. The highest BCUT2D eigenvalue weighted by Gasteiger charge is 2.23. The van der Waals surface area contributed by atoms with Crippen molar-refractivity contribution in [3.8, 4) is 0 Å². The number of nitrogens with zero attached hydrogens (tertiary/aromatic N) is 2. The smallest absolute Gasteiger partial charge is 0.251 e. The van der Waals surface area contributed by atoms with Gasteiger partial charge in [-0.15, -0.1) is 0 Å². The molecule has 1 fully saturated rings. The lowest BCUT2D eigenvalue weighted by Crippen LogP contribution is -2.45. The zero-order valence-electron chi connectivity index (χ0n) is 13.2. The fourth-order valence-electron chi connectivity index (χ4n) is 2.84. The maximum atomic E-state index is 11.8. The summed E-state index contributed by atoms with van der Waals surface area (Å²) in [5.74, 6) is -0.0689. The first-order valence-electron chi connectivity index (χ1n) is 7.62. The molecule has 1 heterocycles. The van der Waals surface area contributed by atoms with Gasteiger partial charge in [0.05, 0.1) is 11.4 Å². The number of nitrogens with two attached hydrogens (primary N) is 1. The number of piperidine rings is 1. The fraction of sp³-hybridized carbons (Fsp3) is 0.562. The number of amides is 1. The second-order valence-electron chi connectivity index (χ2n) is 5.84. The van der Waals surface area contributed by atoms with Crippen molar-refractivity contribution >= 4 is 17.3 Å². The molecule has 116 valence electrons. The van der Waals surface area contributed by atoms with Crippen molar-refractivity contribution in [1.29, 1.82) is 0 Å². The van der Waals surface area contributed by atoms with E-state index in [4.69, 9.17) is 5.73 Å². The Morgan fingerprint density at radius 3 is 2.86 bits per heavy atom. The van der Waals surface area contributed by atoms with E-state index in [9.17, 15) is 4.79 Å². The van der Waals surface area contributed by atoms with Crippen LogP contribution in [0.3, 0.4) is 0 Å². The molecule has 1 aliphatic rings. The van der Waals surface area contributed by atoms with Crippen LogP contribution < -0.4 is 16.0 Å². The van der Waals surface area contributed by atoms with E-state index in [0.29, 0.717) is 23.8 Å². The van der Waals surface area contributed by atoms with Gasteiger partial charge in [0.15, 0.2) is 0 Å². The number of carbonyl (C=O) groups is 1. The molecule has 5 heteroatoms. The van der Waals surface area contributed by atoms with E-state index < -0.39 is 0 Å². The largest absolute Gasteiger partial charge is 0.397 e. The lowest BCUT2D eigenvalue weighted by atomic mass is 10.0. The minimum Gasteiger partial charge on any atom is -0.397 e. The highest BCUT2D eigenvalue weighted by Crippen LogP contribution is 2.28. The second kappa shape index (κ2) is 6.80. The quantitative estimate of drug-likeness (QED) is 0.826. The van der Waals surface area contributed by atoms with E-state index in [2.05, 4.69) is 29.2 Å². The lowest BCUT2D eigenvalue weighted by molar-refractivity contribution is 0.0956.